The van der Waals surface area contributed by atoms with E-state index in [0.717, 1.165) is 22.8 Å². The van der Waals surface area contributed by atoms with Gasteiger partial charge in [0.1, 0.15) is 11.6 Å². The van der Waals surface area contributed by atoms with Crippen LogP contribution in [-0.4, -0.2) is 20.6 Å². The Morgan fingerprint density at radius 1 is 1.33 bits per heavy atom. The third-order valence-electron chi connectivity index (χ3n) is 3.14. The van der Waals surface area contributed by atoms with E-state index < -0.39 is 23.3 Å². The van der Waals surface area contributed by atoms with Crippen LogP contribution in [-0.2, 0) is 11.2 Å². The summed E-state index contributed by atoms with van der Waals surface area (Å²) in [7, 11) is 0. The fourth-order valence-electron chi connectivity index (χ4n) is 2.15. The summed E-state index contributed by atoms with van der Waals surface area (Å²) in [6.07, 6.45) is -0.359. The summed E-state index contributed by atoms with van der Waals surface area (Å²) in [5.74, 6) is -2.61. The van der Waals surface area contributed by atoms with E-state index in [1.807, 2.05) is 0 Å². The molecule has 0 bridgehead atoms. The molecule has 0 aliphatic heterocycles. The van der Waals surface area contributed by atoms with Gasteiger partial charge in [-0.3, -0.25) is 9.36 Å². The van der Waals surface area contributed by atoms with E-state index in [9.17, 15) is 18.4 Å². The predicted octanol–water partition coefficient (Wildman–Crippen LogP) is 1.75. The zero-order valence-corrected chi connectivity index (χ0v) is 11.4. The van der Waals surface area contributed by atoms with E-state index in [4.69, 9.17) is 5.11 Å². The molecule has 1 heterocycles. The molecule has 0 saturated carbocycles. The number of hydrogen-bond donors (Lipinski definition) is 1. The minimum absolute atomic E-state index is 0.222. The van der Waals surface area contributed by atoms with Crippen LogP contribution in [0.2, 0.25) is 0 Å². The van der Waals surface area contributed by atoms with Crippen LogP contribution in [0.4, 0.5) is 8.78 Å². The lowest BCUT2D eigenvalue weighted by Gasteiger charge is -2.15. The lowest BCUT2D eigenvalue weighted by Crippen LogP contribution is -2.28. The Bertz CT molecular complexity index is 785. The van der Waals surface area contributed by atoms with Crippen molar-refractivity contribution in [2.24, 2.45) is 0 Å². The topological polar surface area (TPSA) is 72.2 Å². The predicted molar refractivity (Wildman–Crippen MR) is 70.6 cm³/mol. The first-order chi connectivity index (χ1) is 9.81. The van der Waals surface area contributed by atoms with Gasteiger partial charge < -0.3 is 5.11 Å². The van der Waals surface area contributed by atoms with Crippen molar-refractivity contribution in [1.29, 1.82) is 0 Å². The largest absolute Gasteiger partial charge is 0.481 e. The Labute approximate surface area is 118 Å². The number of carbonyl (C=O) groups is 1. The normalized spacial score (nSPS) is 10.7. The van der Waals surface area contributed by atoms with Gasteiger partial charge in [-0.25, -0.2) is 13.6 Å². The first-order valence-electron chi connectivity index (χ1n) is 6.07. The molecule has 1 aromatic carbocycles. The maximum atomic E-state index is 13.8. The molecule has 2 rings (SSSR count). The second kappa shape index (κ2) is 5.43. The Morgan fingerprint density at radius 2 is 2.00 bits per heavy atom. The highest BCUT2D eigenvalue weighted by Crippen LogP contribution is 2.18. The standard InChI is InChI=1S/C14H12F2N2O3/c1-7-10(6-13(19)20)8(2)18(14(21)17-7)12-5-9(15)3-4-11(12)16/h3-5H,6H2,1-2H3,(H,19,20). The third kappa shape index (κ3) is 2.81. The average Bonchev–Trinajstić information content (AvgIpc) is 2.38. The molecule has 0 fully saturated rings. The van der Waals surface area contributed by atoms with Crippen LogP contribution in [0.15, 0.2) is 23.0 Å². The molecule has 0 amide bonds. The Balaban J connectivity index is 2.77. The van der Waals surface area contributed by atoms with Crippen molar-refractivity contribution in [2.45, 2.75) is 20.3 Å². The van der Waals surface area contributed by atoms with E-state index in [1.54, 1.807) is 0 Å². The van der Waals surface area contributed by atoms with Crippen LogP contribution >= 0.6 is 0 Å². The molecule has 0 radical (unpaired) electrons. The molecule has 2 aromatic rings. The number of carboxylic acids is 1. The lowest BCUT2D eigenvalue weighted by atomic mass is 10.1. The molecule has 0 saturated heterocycles. The molecule has 5 nitrogen and oxygen atoms in total. The number of rotatable bonds is 3. The van der Waals surface area contributed by atoms with Gasteiger partial charge >= 0.3 is 11.7 Å². The van der Waals surface area contributed by atoms with Gasteiger partial charge in [0.2, 0.25) is 0 Å². The average molecular weight is 294 g/mol. The third-order valence-corrected chi connectivity index (χ3v) is 3.14. The highest BCUT2D eigenvalue weighted by molar-refractivity contribution is 5.71. The molecule has 110 valence electrons. The van der Waals surface area contributed by atoms with Crippen LogP contribution in [0.1, 0.15) is 17.0 Å². The van der Waals surface area contributed by atoms with Gasteiger partial charge in [0.05, 0.1) is 12.1 Å². The number of halogens is 2. The van der Waals surface area contributed by atoms with Crippen LogP contribution in [0, 0.1) is 25.5 Å². The quantitative estimate of drug-likeness (QED) is 0.936. The second-order valence-electron chi connectivity index (χ2n) is 4.55. The summed E-state index contributed by atoms with van der Waals surface area (Å²) in [5, 5.41) is 8.90. The van der Waals surface area contributed by atoms with Crippen molar-refractivity contribution in [3.63, 3.8) is 0 Å². The molecular weight excluding hydrogens is 282 g/mol. The summed E-state index contributed by atoms with van der Waals surface area (Å²) >= 11 is 0. The van der Waals surface area contributed by atoms with Crippen molar-refractivity contribution < 1.29 is 18.7 Å². The zero-order valence-electron chi connectivity index (χ0n) is 11.4. The number of benzene rings is 1. The molecule has 0 spiro atoms. The van der Waals surface area contributed by atoms with Gasteiger partial charge in [-0.1, -0.05) is 0 Å². The van der Waals surface area contributed by atoms with Crippen LogP contribution in [0.25, 0.3) is 5.69 Å². The number of aromatic nitrogens is 2. The van der Waals surface area contributed by atoms with E-state index in [2.05, 4.69) is 4.98 Å². The van der Waals surface area contributed by atoms with E-state index in [1.165, 1.54) is 13.8 Å². The Kier molecular flexibility index (Phi) is 3.84. The summed E-state index contributed by atoms with van der Waals surface area (Å²) in [6, 6.07) is 2.69. The number of aryl methyl sites for hydroxylation is 1. The van der Waals surface area contributed by atoms with Crippen LogP contribution < -0.4 is 5.69 Å². The molecule has 1 aromatic heterocycles. The molecule has 0 aliphatic rings. The summed E-state index contributed by atoms with van der Waals surface area (Å²) in [6.45, 7) is 2.97. The molecule has 7 heteroatoms. The molecule has 0 unspecified atom stereocenters. The monoisotopic (exact) mass is 294 g/mol. The lowest BCUT2D eigenvalue weighted by molar-refractivity contribution is -0.136. The van der Waals surface area contributed by atoms with Gasteiger partial charge in [-0.05, 0) is 26.0 Å². The fraction of sp³-hybridized carbons (Fsp3) is 0.214. The van der Waals surface area contributed by atoms with E-state index in [0.29, 0.717) is 5.56 Å². The van der Waals surface area contributed by atoms with E-state index in [-0.39, 0.29) is 23.5 Å². The van der Waals surface area contributed by atoms with E-state index >= 15 is 0 Å². The van der Waals surface area contributed by atoms with Crippen molar-refractivity contribution in [3.8, 4) is 5.69 Å². The first-order valence-corrected chi connectivity index (χ1v) is 6.07. The number of hydrogen-bond acceptors (Lipinski definition) is 3. The van der Waals surface area contributed by atoms with Crippen molar-refractivity contribution >= 4 is 5.97 Å². The van der Waals surface area contributed by atoms with Crippen LogP contribution in [0.3, 0.4) is 0 Å². The molecule has 21 heavy (non-hydrogen) atoms. The van der Waals surface area contributed by atoms with Gasteiger partial charge in [-0.2, -0.15) is 4.98 Å². The van der Waals surface area contributed by atoms with Gasteiger partial charge in [0.15, 0.2) is 0 Å². The summed E-state index contributed by atoms with van der Waals surface area (Å²) < 4.78 is 28.0. The minimum Gasteiger partial charge on any atom is -0.481 e. The zero-order chi connectivity index (χ0) is 15.7. The van der Waals surface area contributed by atoms with Gasteiger partial charge in [0.25, 0.3) is 0 Å². The van der Waals surface area contributed by atoms with Gasteiger partial charge in [0, 0.05) is 23.0 Å². The van der Waals surface area contributed by atoms with Crippen LogP contribution in [0.5, 0.6) is 0 Å². The maximum Gasteiger partial charge on any atom is 0.352 e. The number of nitrogens with zero attached hydrogens (tertiary/aromatic N) is 2. The molecular formula is C14H12F2N2O3. The minimum atomic E-state index is -1.10. The molecule has 0 atom stereocenters. The summed E-state index contributed by atoms with van der Waals surface area (Å²) in [4.78, 5) is 26.5. The fourth-order valence-corrected chi connectivity index (χ4v) is 2.15. The van der Waals surface area contributed by atoms with Crippen molar-refractivity contribution in [1.82, 2.24) is 9.55 Å². The molecule has 1 N–H and O–H groups in total. The first kappa shape index (κ1) is 14.8. The highest BCUT2D eigenvalue weighted by atomic mass is 19.1. The number of aliphatic carboxylic acids is 1. The Morgan fingerprint density at radius 3 is 2.62 bits per heavy atom. The smallest absolute Gasteiger partial charge is 0.352 e. The second-order valence-corrected chi connectivity index (χ2v) is 4.55. The highest BCUT2D eigenvalue weighted by Gasteiger charge is 2.17. The molecule has 0 aliphatic carbocycles. The Hall–Kier alpha value is -2.57. The SMILES string of the molecule is Cc1nc(=O)n(-c2cc(F)ccc2F)c(C)c1CC(=O)O. The van der Waals surface area contributed by atoms with Crippen molar-refractivity contribution in [3.05, 3.63) is 57.3 Å². The number of carboxylic acid groups (broad SMARTS) is 1. The maximum absolute atomic E-state index is 13.8. The summed E-state index contributed by atoms with van der Waals surface area (Å²) in [5.41, 5.74) is -0.307. The van der Waals surface area contributed by atoms with Crippen molar-refractivity contribution in [2.75, 3.05) is 0 Å². The van der Waals surface area contributed by atoms with Gasteiger partial charge in [-0.15, -0.1) is 0 Å².